The minimum atomic E-state index is -4.30. The molecule has 0 aromatic heterocycles. The van der Waals surface area contributed by atoms with Crippen LogP contribution in [0, 0.1) is 0 Å². The number of hydrogen-bond acceptors (Lipinski definition) is 5. The fourth-order valence-electron chi connectivity index (χ4n) is 2.27. The number of benzene rings is 2. The molecular weight excluding hydrogens is 421 g/mol. The Kier molecular flexibility index (Phi) is 8.33. The lowest BCUT2D eigenvalue weighted by Crippen LogP contribution is -2.24. The van der Waals surface area contributed by atoms with Gasteiger partial charge in [-0.05, 0) is 61.0 Å². The number of allylic oxidation sites excluding steroid dienone is 1. The summed E-state index contributed by atoms with van der Waals surface area (Å²) in [5, 5.41) is 2.43. The van der Waals surface area contributed by atoms with E-state index in [1.54, 1.807) is 30.0 Å². The van der Waals surface area contributed by atoms with Gasteiger partial charge in [0.15, 0.2) is 0 Å². The first-order valence-corrected chi connectivity index (χ1v) is 10.6. The summed E-state index contributed by atoms with van der Waals surface area (Å²) in [5.74, 6) is -0.000984. The molecular formula is C20H21F3N2O2S2. The van der Waals surface area contributed by atoms with Crippen LogP contribution in [0.2, 0.25) is 0 Å². The molecule has 2 N–H and O–H groups in total. The Balaban J connectivity index is 2.10. The van der Waals surface area contributed by atoms with E-state index < -0.39 is 18.5 Å². The van der Waals surface area contributed by atoms with Gasteiger partial charge in [0.1, 0.15) is 5.75 Å². The summed E-state index contributed by atoms with van der Waals surface area (Å²) in [5.41, 5.74) is 0.756. The molecule has 0 aliphatic rings. The van der Waals surface area contributed by atoms with Crippen molar-refractivity contribution in [3.8, 4) is 5.75 Å². The maximum Gasteiger partial charge on any atom is 0.389 e. The number of ether oxygens (including phenoxy) is 1. The van der Waals surface area contributed by atoms with Gasteiger partial charge in [-0.15, -0.1) is 11.8 Å². The Hall–Kier alpha value is -2.26. The zero-order valence-electron chi connectivity index (χ0n) is 15.9. The molecule has 156 valence electrons. The van der Waals surface area contributed by atoms with E-state index in [4.69, 9.17) is 4.74 Å². The molecule has 0 heterocycles. The fraction of sp³-hybridized carbons (Fsp3) is 0.250. The van der Waals surface area contributed by atoms with Gasteiger partial charge >= 0.3 is 6.18 Å². The van der Waals surface area contributed by atoms with Gasteiger partial charge in [0.2, 0.25) is 0 Å². The van der Waals surface area contributed by atoms with Crippen molar-refractivity contribution in [3.63, 3.8) is 0 Å². The van der Waals surface area contributed by atoms with Crippen molar-refractivity contribution in [1.29, 1.82) is 0 Å². The van der Waals surface area contributed by atoms with E-state index in [0.717, 1.165) is 9.79 Å². The van der Waals surface area contributed by atoms with E-state index in [9.17, 15) is 18.0 Å². The number of halogens is 3. The van der Waals surface area contributed by atoms with Crippen molar-refractivity contribution in [2.24, 2.45) is 0 Å². The molecule has 2 aromatic rings. The van der Waals surface area contributed by atoms with E-state index in [0.29, 0.717) is 11.4 Å². The number of carbonyl (C=O) groups is 1. The largest absolute Gasteiger partial charge is 0.497 e. The second-order valence-corrected chi connectivity index (χ2v) is 7.72. The molecule has 2 rings (SSSR count). The number of anilines is 1. The highest BCUT2D eigenvalue weighted by Crippen LogP contribution is 2.29. The van der Waals surface area contributed by atoms with Crippen LogP contribution in [0.4, 0.5) is 18.9 Å². The Morgan fingerprint density at radius 1 is 1.14 bits per heavy atom. The maximum absolute atomic E-state index is 12.5. The molecule has 0 saturated carbocycles. The first kappa shape index (κ1) is 23.0. The molecule has 0 atom stereocenters. The molecule has 0 aliphatic heterocycles. The van der Waals surface area contributed by atoms with Gasteiger partial charge in [-0.3, -0.25) is 4.79 Å². The number of nitrogens with one attached hydrogen (secondary N) is 2. The van der Waals surface area contributed by atoms with Gasteiger partial charge < -0.3 is 14.8 Å². The van der Waals surface area contributed by atoms with E-state index in [-0.39, 0.29) is 17.7 Å². The van der Waals surface area contributed by atoms with E-state index in [1.165, 1.54) is 19.1 Å². The van der Waals surface area contributed by atoms with Crippen molar-refractivity contribution in [3.05, 3.63) is 60.3 Å². The van der Waals surface area contributed by atoms with E-state index in [1.807, 2.05) is 30.5 Å². The quantitative estimate of drug-likeness (QED) is 0.362. The number of carbonyl (C=O) groups excluding carboxylic acids is 1. The molecule has 0 fully saturated rings. The highest BCUT2D eigenvalue weighted by atomic mass is 32.2. The number of hydrogen-bond donors (Lipinski definition) is 2. The predicted molar refractivity (Wildman–Crippen MR) is 113 cm³/mol. The number of amides is 1. The summed E-state index contributed by atoms with van der Waals surface area (Å²) in [6, 6.07) is 12.7. The molecule has 29 heavy (non-hydrogen) atoms. The fourth-order valence-corrected chi connectivity index (χ4v) is 3.35. The van der Waals surface area contributed by atoms with Crippen molar-refractivity contribution < 1.29 is 22.7 Å². The Labute approximate surface area is 176 Å². The molecule has 0 spiro atoms. The van der Waals surface area contributed by atoms with Crippen LogP contribution in [0.1, 0.15) is 23.2 Å². The van der Waals surface area contributed by atoms with Crippen LogP contribution in [0.25, 0.3) is 0 Å². The molecule has 9 heteroatoms. The van der Waals surface area contributed by atoms with Crippen LogP contribution in [0.5, 0.6) is 5.75 Å². The third-order valence-electron chi connectivity index (χ3n) is 3.81. The van der Waals surface area contributed by atoms with Crippen LogP contribution in [-0.2, 0) is 0 Å². The monoisotopic (exact) mass is 442 g/mol. The summed E-state index contributed by atoms with van der Waals surface area (Å²) < 4.78 is 45.4. The number of methoxy groups -OCH3 is 1. The minimum Gasteiger partial charge on any atom is -0.497 e. The van der Waals surface area contributed by atoms with Crippen molar-refractivity contribution >= 4 is 35.3 Å². The minimum absolute atomic E-state index is 0.00870. The molecule has 0 radical (unpaired) electrons. The number of thioether (sulfide) groups is 1. The lowest BCUT2D eigenvalue weighted by Gasteiger charge is -2.15. The number of alkyl halides is 3. The maximum atomic E-state index is 12.5. The van der Waals surface area contributed by atoms with Crippen LogP contribution >= 0.6 is 23.7 Å². The van der Waals surface area contributed by atoms with E-state index in [2.05, 4.69) is 16.6 Å². The van der Waals surface area contributed by atoms with Crippen LogP contribution in [0.15, 0.2) is 64.5 Å². The molecule has 0 bridgehead atoms. The summed E-state index contributed by atoms with van der Waals surface area (Å²) in [7, 11) is 1.51. The Morgan fingerprint density at radius 3 is 2.38 bits per heavy atom. The lowest BCUT2D eigenvalue weighted by molar-refractivity contribution is -0.134. The average molecular weight is 443 g/mol. The van der Waals surface area contributed by atoms with Gasteiger partial charge in [0, 0.05) is 28.0 Å². The zero-order chi connectivity index (χ0) is 21.4. The lowest BCUT2D eigenvalue weighted by atomic mass is 10.1. The van der Waals surface area contributed by atoms with Gasteiger partial charge in [-0.25, -0.2) is 0 Å². The van der Waals surface area contributed by atoms with Crippen molar-refractivity contribution in [2.45, 2.75) is 28.8 Å². The molecule has 1 amide bonds. The zero-order valence-corrected chi connectivity index (χ0v) is 17.6. The Bertz CT molecular complexity index is 856. The molecule has 0 aliphatic carbocycles. The summed E-state index contributed by atoms with van der Waals surface area (Å²) in [6.07, 6.45) is -3.72. The van der Waals surface area contributed by atoms with Crippen molar-refractivity contribution in [2.75, 3.05) is 18.1 Å². The van der Waals surface area contributed by atoms with Crippen LogP contribution < -0.4 is 14.8 Å². The van der Waals surface area contributed by atoms with E-state index >= 15 is 0 Å². The predicted octanol–water partition coefficient (Wildman–Crippen LogP) is 6.12. The SMILES string of the molecule is C=C(CCC(F)(F)F)NC(=O)c1ccc(OC)cc1NSc1ccc(SC)cc1. The molecule has 0 unspecified atom stereocenters. The second kappa shape index (κ2) is 10.5. The second-order valence-electron chi connectivity index (χ2n) is 5.96. The highest BCUT2D eigenvalue weighted by Gasteiger charge is 2.27. The average Bonchev–Trinajstić information content (AvgIpc) is 2.70. The topological polar surface area (TPSA) is 50.4 Å². The first-order valence-electron chi connectivity index (χ1n) is 8.52. The summed E-state index contributed by atoms with van der Waals surface area (Å²) >= 11 is 2.95. The van der Waals surface area contributed by atoms with Crippen LogP contribution in [-0.4, -0.2) is 25.4 Å². The Morgan fingerprint density at radius 2 is 1.79 bits per heavy atom. The smallest absolute Gasteiger partial charge is 0.389 e. The van der Waals surface area contributed by atoms with Crippen LogP contribution in [0.3, 0.4) is 0 Å². The number of rotatable bonds is 9. The molecule has 0 saturated heterocycles. The van der Waals surface area contributed by atoms with Gasteiger partial charge in [-0.2, -0.15) is 13.2 Å². The van der Waals surface area contributed by atoms with Gasteiger partial charge in [0.25, 0.3) is 5.91 Å². The normalized spacial score (nSPS) is 11.1. The van der Waals surface area contributed by atoms with Gasteiger partial charge in [0.05, 0.1) is 18.4 Å². The summed E-state index contributed by atoms with van der Waals surface area (Å²) in [4.78, 5) is 14.6. The molecule has 4 nitrogen and oxygen atoms in total. The standard InChI is InChI=1S/C20H21F3N2O2S2/c1-13(10-11-20(21,22)23)24-19(26)17-9-4-14(27-2)12-18(17)25-29-16-7-5-15(28-3)6-8-16/h4-9,12,25H,1,10-11H2,2-3H3,(H,24,26). The third kappa shape index (κ3) is 7.58. The molecule has 2 aromatic carbocycles. The first-order chi connectivity index (χ1) is 13.7. The van der Waals surface area contributed by atoms with Gasteiger partial charge in [-0.1, -0.05) is 6.58 Å². The summed E-state index contributed by atoms with van der Waals surface area (Å²) in [6.45, 7) is 3.51. The third-order valence-corrected chi connectivity index (χ3v) is 5.38. The van der Waals surface area contributed by atoms with Crippen molar-refractivity contribution in [1.82, 2.24) is 5.32 Å². The highest BCUT2D eigenvalue weighted by molar-refractivity contribution is 8.00.